The van der Waals surface area contributed by atoms with Crippen LogP contribution in [0.3, 0.4) is 0 Å². The molecule has 0 aliphatic heterocycles. The van der Waals surface area contributed by atoms with Crippen molar-refractivity contribution < 1.29 is 19.7 Å². The van der Waals surface area contributed by atoms with Gasteiger partial charge in [-0.1, -0.05) is 6.07 Å². The van der Waals surface area contributed by atoms with Crippen LogP contribution in [-0.2, 0) is 0 Å². The molecule has 0 unspecified atom stereocenters. The summed E-state index contributed by atoms with van der Waals surface area (Å²) in [4.78, 5) is 11.8. The molecule has 110 valence electrons. The molecule has 5 N–H and O–H groups in total. The maximum Gasteiger partial charge on any atom is 0.251 e. The van der Waals surface area contributed by atoms with Gasteiger partial charge in [0.15, 0.2) is 0 Å². The number of hydrogen-bond acceptors (Lipinski definition) is 5. The van der Waals surface area contributed by atoms with E-state index in [2.05, 4.69) is 5.32 Å². The molecule has 0 bridgehead atoms. The Hall–Kier alpha value is -2.89. The summed E-state index contributed by atoms with van der Waals surface area (Å²) in [6.45, 7) is 0.560. The lowest BCUT2D eigenvalue weighted by Gasteiger charge is -2.08. The van der Waals surface area contributed by atoms with Gasteiger partial charge in [-0.05, 0) is 24.3 Å². The summed E-state index contributed by atoms with van der Waals surface area (Å²) < 4.78 is 5.43. The van der Waals surface area contributed by atoms with Crippen LogP contribution in [0.5, 0.6) is 17.2 Å². The first-order chi connectivity index (χ1) is 10.0. The van der Waals surface area contributed by atoms with Crippen molar-refractivity contribution in [3.05, 3.63) is 48.0 Å². The van der Waals surface area contributed by atoms with Crippen molar-refractivity contribution in [2.45, 2.75) is 0 Å². The topological polar surface area (TPSA) is 105 Å². The number of ether oxygens (including phenoxy) is 1. The summed E-state index contributed by atoms with van der Waals surface area (Å²) in [6, 6.07) is 10.7. The predicted molar refractivity (Wildman–Crippen MR) is 78.5 cm³/mol. The molecule has 0 aliphatic rings. The second-order valence-electron chi connectivity index (χ2n) is 4.41. The Morgan fingerprint density at radius 3 is 2.52 bits per heavy atom. The number of nitrogens with two attached hydrogens (primary N) is 1. The lowest BCUT2D eigenvalue weighted by Crippen LogP contribution is -2.28. The van der Waals surface area contributed by atoms with Crippen molar-refractivity contribution in [2.75, 3.05) is 18.9 Å². The van der Waals surface area contributed by atoms with Gasteiger partial charge in [-0.15, -0.1) is 0 Å². The van der Waals surface area contributed by atoms with Crippen LogP contribution in [0.25, 0.3) is 0 Å². The third kappa shape index (κ3) is 4.31. The number of benzene rings is 2. The van der Waals surface area contributed by atoms with Gasteiger partial charge in [0.2, 0.25) is 0 Å². The van der Waals surface area contributed by atoms with Gasteiger partial charge < -0.3 is 26.0 Å². The lowest BCUT2D eigenvalue weighted by molar-refractivity contribution is 0.0946. The second-order valence-corrected chi connectivity index (χ2v) is 4.41. The van der Waals surface area contributed by atoms with E-state index in [1.54, 1.807) is 24.3 Å². The average molecular weight is 288 g/mol. The van der Waals surface area contributed by atoms with E-state index >= 15 is 0 Å². The van der Waals surface area contributed by atoms with E-state index in [-0.39, 0.29) is 30.2 Å². The molecule has 6 heteroatoms. The minimum Gasteiger partial charge on any atom is -0.508 e. The Balaban J connectivity index is 1.82. The molecule has 2 rings (SSSR count). The van der Waals surface area contributed by atoms with Crippen LogP contribution in [-0.4, -0.2) is 29.3 Å². The molecular weight excluding hydrogens is 272 g/mol. The maximum atomic E-state index is 11.8. The highest BCUT2D eigenvalue weighted by Crippen LogP contribution is 2.20. The highest BCUT2D eigenvalue weighted by molar-refractivity contribution is 5.95. The van der Waals surface area contributed by atoms with Crippen molar-refractivity contribution in [3.8, 4) is 17.2 Å². The molecule has 0 fully saturated rings. The summed E-state index contributed by atoms with van der Waals surface area (Å²) in [7, 11) is 0. The number of anilines is 1. The van der Waals surface area contributed by atoms with Gasteiger partial charge in [0.05, 0.1) is 6.54 Å². The molecule has 0 atom stereocenters. The largest absolute Gasteiger partial charge is 0.508 e. The fourth-order valence-electron chi connectivity index (χ4n) is 1.77. The molecule has 0 saturated carbocycles. The summed E-state index contributed by atoms with van der Waals surface area (Å²) in [5, 5.41) is 21.2. The summed E-state index contributed by atoms with van der Waals surface area (Å²) in [5.41, 5.74) is 6.40. The number of phenols is 2. The molecule has 6 nitrogen and oxygen atoms in total. The van der Waals surface area contributed by atoms with Crippen molar-refractivity contribution in [2.24, 2.45) is 0 Å². The summed E-state index contributed by atoms with van der Waals surface area (Å²) in [6.07, 6.45) is 0. The first-order valence-corrected chi connectivity index (χ1v) is 6.34. The van der Waals surface area contributed by atoms with Crippen molar-refractivity contribution in [3.63, 3.8) is 0 Å². The van der Waals surface area contributed by atoms with Crippen LogP contribution in [0.4, 0.5) is 5.69 Å². The zero-order valence-corrected chi connectivity index (χ0v) is 11.2. The lowest BCUT2D eigenvalue weighted by atomic mass is 10.2. The number of carbonyl (C=O) groups is 1. The molecular formula is C15H16N2O4. The van der Waals surface area contributed by atoms with Crippen LogP contribution in [0.15, 0.2) is 42.5 Å². The molecule has 1 amide bonds. The predicted octanol–water partition coefficient (Wildman–Crippen LogP) is 1.49. The van der Waals surface area contributed by atoms with Gasteiger partial charge in [0.25, 0.3) is 5.91 Å². The molecule has 0 radical (unpaired) electrons. The van der Waals surface area contributed by atoms with Gasteiger partial charge in [-0.3, -0.25) is 4.79 Å². The van der Waals surface area contributed by atoms with E-state index in [1.165, 1.54) is 12.1 Å². The van der Waals surface area contributed by atoms with Crippen LogP contribution >= 0.6 is 0 Å². The summed E-state index contributed by atoms with van der Waals surface area (Å²) >= 11 is 0. The second kappa shape index (κ2) is 6.51. The van der Waals surface area contributed by atoms with Crippen LogP contribution in [0.2, 0.25) is 0 Å². The molecule has 0 spiro atoms. The van der Waals surface area contributed by atoms with E-state index in [1.807, 2.05) is 0 Å². The zero-order chi connectivity index (χ0) is 15.2. The van der Waals surface area contributed by atoms with E-state index in [9.17, 15) is 15.0 Å². The van der Waals surface area contributed by atoms with E-state index < -0.39 is 5.91 Å². The van der Waals surface area contributed by atoms with Crippen molar-refractivity contribution in [1.82, 2.24) is 5.32 Å². The number of amides is 1. The number of nitrogens with one attached hydrogen (secondary N) is 1. The third-order valence-electron chi connectivity index (χ3n) is 2.68. The van der Waals surface area contributed by atoms with Crippen LogP contribution < -0.4 is 15.8 Å². The average Bonchev–Trinajstić information content (AvgIpc) is 2.42. The minimum atomic E-state index is -0.405. The van der Waals surface area contributed by atoms with E-state index in [0.29, 0.717) is 11.4 Å². The van der Waals surface area contributed by atoms with Gasteiger partial charge in [-0.25, -0.2) is 0 Å². The van der Waals surface area contributed by atoms with Crippen LogP contribution in [0.1, 0.15) is 10.4 Å². The molecule has 0 saturated heterocycles. The van der Waals surface area contributed by atoms with Crippen LogP contribution in [0, 0.1) is 0 Å². The number of nitrogen functional groups attached to an aromatic ring is 1. The van der Waals surface area contributed by atoms with E-state index in [4.69, 9.17) is 10.5 Å². The highest BCUT2D eigenvalue weighted by Gasteiger charge is 2.07. The monoisotopic (exact) mass is 288 g/mol. The third-order valence-corrected chi connectivity index (χ3v) is 2.68. The fourth-order valence-corrected chi connectivity index (χ4v) is 1.77. The Bertz CT molecular complexity index is 623. The highest BCUT2D eigenvalue weighted by atomic mass is 16.5. The van der Waals surface area contributed by atoms with Crippen molar-refractivity contribution >= 4 is 11.6 Å². The summed E-state index contributed by atoms with van der Waals surface area (Å²) in [5.74, 6) is -0.121. The molecule has 2 aromatic rings. The quantitative estimate of drug-likeness (QED) is 0.493. The molecule has 0 aliphatic carbocycles. The number of carbonyl (C=O) groups excluding carboxylic acids is 1. The maximum absolute atomic E-state index is 11.8. The standard InChI is InChI=1S/C15H16N2O4/c16-11-2-1-3-14(8-11)21-5-4-17-15(20)10-6-12(18)9-13(19)7-10/h1-3,6-9,18-19H,4-5,16H2,(H,17,20). The Labute approximate surface area is 121 Å². The Morgan fingerprint density at radius 2 is 1.86 bits per heavy atom. The smallest absolute Gasteiger partial charge is 0.251 e. The van der Waals surface area contributed by atoms with Gasteiger partial charge in [0.1, 0.15) is 23.9 Å². The van der Waals surface area contributed by atoms with Gasteiger partial charge >= 0.3 is 0 Å². The number of phenolic OH excluding ortho intramolecular Hbond substituents is 2. The van der Waals surface area contributed by atoms with Crippen molar-refractivity contribution in [1.29, 1.82) is 0 Å². The molecule has 21 heavy (non-hydrogen) atoms. The fraction of sp³-hybridized carbons (Fsp3) is 0.133. The number of rotatable bonds is 5. The van der Waals surface area contributed by atoms with E-state index in [0.717, 1.165) is 6.07 Å². The SMILES string of the molecule is Nc1cccc(OCCNC(=O)c2cc(O)cc(O)c2)c1. The number of aromatic hydroxyl groups is 2. The van der Waals surface area contributed by atoms with Gasteiger partial charge in [0, 0.05) is 23.4 Å². The normalized spacial score (nSPS) is 10.1. The van der Waals surface area contributed by atoms with Gasteiger partial charge in [-0.2, -0.15) is 0 Å². The Morgan fingerprint density at radius 1 is 1.14 bits per heavy atom. The zero-order valence-electron chi connectivity index (χ0n) is 11.2. The first kappa shape index (κ1) is 14.5. The number of hydrogen-bond donors (Lipinski definition) is 4. The molecule has 0 heterocycles. The minimum absolute atomic E-state index is 0.170. The molecule has 0 aromatic heterocycles. The Kier molecular flexibility index (Phi) is 4.50. The first-order valence-electron chi connectivity index (χ1n) is 6.34. The molecule has 2 aromatic carbocycles.